The average Bonchev–Trinajstić information content (AvgIpc) is 2.99. The maximum atomic E-state index is 12.4. The van der Waals surface area contributed by atoms with Gasteiger partial charge in [0, 0.05) is 18.3 Å². The summed E-state index contributed by atoms with van der Waals surface area (Å²) in [6, 6.07) is 7.16. The maximum absolute atomic E-state index is 12.4. The molecule has 0 unspecified atom stereocenters. The number of urea groups is 1. The van der Waals surface area contributed by atoms with Crippen LogP contribution in [-0.2, 0) is 11.3 Å². The molecule has 1 aliphatic carbocycles. The van der Waals surface area contributed by atoms with Crippen LogP contribution in [0.15, 0.2) is 24.3 Å². The highest BCUT2D eigenvalue weighted by Crippen LogP contribution is 2.24. The average molecular weight is 290 g/mol. The van der Waals surface area contributed by atoms with E-state index in [1.807, 2.05) is 12.1 Å². The number of nitrogens with zero attached hydrogens (tertiary/aromatic N) is 1. The first-order valence-electron chi connectivity index (χ1n) is 7.25. The predicted octanol–water partition coefficient (Wildman–Crippen LogP) is 1.41. The highest BCUT2D eigenvalue weighted by Gasteiger charge is 2.27. The van der Waals surface area contributed by atoms with Gasteiger partial charge in [0.05, 0.1) is 0 Å². The van der Waals surface area contributed by atoms with Crippen LogP contribution in [0.3, 0.4) is 0 Å². The van der Waals surface area contributed by atoms with Gasteiger partial charge >= 0.3 is 6.03 Å². The number of rotatable bonds is 5. The molecule has 0 radical (unpaired) electrons. The Balaban J connectivity index is 2.04. The standard InChI is InChI=1S/C15H22N4O2/c16-9-11-5-7-12(8-6-11)18-15(21)19(10-14(17)20)13-3-1-2-4-13/h5-8,13H,1-4,9-10,16H2,(H2,17,20)(H,18,21). The summed E-state index contributed by atoms with van der Waals surface area (Å²) in [4.78, 5) is 25.1. The molecule has 21 heavy (non-hydrogen) atoms. The number of hydrogen-bond donors (Lipinski definition) is 3. The van der Waals surface area contributed by atoms with Gasteiger partial charge in [-0.1, -0.05) is 25.0 Å². The second-order valence-electron chi connectivity index (χ2n) is 5.36. The van der Waals surface area contributed by atoms with E-state index in [2.05, 4.69) is 5.32 Å². The molecule has 1 aliphatic rings. The van der Waals surface area contributed by atoms with Gasteiger partial charge in [0.15, 0.2) is 0 Å². The number of hydrogen-bond acceptors (Lipinski definition) is 3. The lowest BCUT2D eigenvalue weighted by Crippen LogP contribution is -2.46. The maximum Gasteiger partial charge on any atom is 0.322 e. The summed E-state index contributed by atoms with van der Waals surface area (Å²) >= 11 is 0. The highest BCUT2D eigenvalue weighted by molar-refractivity contribution is 5.92. The van der Waals surface area contributed by atoms with Crippen LogP contribution in [0.5, 0.6) is 0 Å². The normalized spacial score (nSPS) is 14.9. The van der Waals surface area contributed by atoms with Gasteiger partial charge in [-0.05, 0) is 30.5 Å². The summed E-state index contributed by atoms with van der Waals surface area (Å²) in [5, 5.41) is 2.81. The third-order valence-corrected chi connectivity index (χ3v) is 3.79. The Morgan fingerprint density at radius 3 is 2.33 bits per heavy atom. The molecule has 0 heterocycles. The van der Waals surface area contributed by atoms with Gasteiger partial charge in [0.1, 0.15) is 6.54 Å². The Morgan fingerprint density at radius 1 is 1.19 bits per heavy atom. The van der Waals surface area contributed by atoms with Gasteiger partial charge in [0.2, 0.25) is 5.91 Å². The molecule has 0 atom stereocenters. The first kappa shape index (κ1) is 15.3. The Kier molecular flexibility index (Phi) is 5.16. The van der Waals surface area contributed by atoms with Gasteiger partial charge in [0.25, 0.3) is 0 Å². The van der Waals surface area contributed by atoms with E-state index in [1.165, 1.54) is 0 Å². The summed E-state index contributed by atoms with van der Waals surface area (Å²) < 4.78 is 0. The van der Waals surface area contributed by atoms with E-state index in [1.54, 1.807) is 17.0 Å². The van der Waals surface area contributed by atoms with Crippen molar-refractivity contribution < 1.29 is 9.59 Å². The monoisotopic (exact) mass is 290 g/mol. The molecule has 1 fully saturated rings. The van der Waals surface area contributed by atoms with Crippen LogP contribution in [0, 0.1) is 0 Å². The van der Waals surface area contributed by atoms with Gasteiger partial charge in [-0.15, -0.1) is 0 Å². The van der Waals surface area contributed by atoms with E-state index in [-0.39, 0.29) is 18.6 Å². The topological polar surface area (TPSA) is 101 Å². The molecule has 2 rings (SSSR count). The summed E-state index contributed by atoms with van der Waals surface area (Å²) in [7, 11) is 0. The number of primary amides is 1. The van der Waals surface area contributed by atoms with Crippen LogP contribution in [-0.4, -0.2) is 29.4 Å². The zero-order chi connectivity index (χ0) is 15.2. The highest BCUT2D eigenvalue weighted by atomic mass is 16.2. The Bertz CT molecular complexity index is 495. The summed E-state index contributed by atoms with van der Waals surface area (Å²) in [5.74, 6) is -0.490. The van der Waals surface area contributed by atoms with Crippen LogP contribution in [0.2, 0.25) is 0 Å². The van der Waals surface area contributed by atoms with E-state index >= 15 is 0 Å². The summed E-state index contributed by atoms with van der Waals surface area (Å²) in [6.07, 6.45) is 4.01. The minimum atomic E-state index is -0.490. The lowest BCUT2D eigenvalue weighted by atomic mass is 10.2. The van der Waals surface area contributed by atoms with Crippen molar-refractivity contribution in [3.05, 3.63) is 29.8 Å². The number of nitrogens with two attached hydrogens (primary N) is 2. The second-order valence-corrected chi connectivity index (χ2v) is 5.36. The number of carbonyl (C=O) groups is 2. The first-order valence-corrected chi connectivity index (χ1v) is 7.25. The molecule has 6 heteroatoms. The van der Waals surface area contributed by atoms with Crippen molar-refractivity contribution in [2.45, 2.75) is 38.3 Å². The number of amides is 3. The number of nitrogens with one attached hydrogen (secondary N) is 1. The molecule has 1 aromatic carbocycles. The van der Waals surface area contributed by atoms with Crippen molar-refractivity contribution in [2.24, 2.45) is 11.5 Å². The second kappa shape index (κ2) is 7.08. The quantitative estimate of drug-likeness (QED) is 0.764. The van der Waals surface area contributed by atoms with Crippen molar-refractivity contribution in [3.8, 4) is 0 Å². The Morgan fingerprint density at radius 2 is 1.81 bits per heavy atom. The number of anilines is 1. The van der Waals surface area contributed by atoms with Crippen LogP contribution >= 0.6 is 0 Å². The van der Waals surface area contributed by atoms with E-state index in [9.17, 15) is 9.59 Å². The third kappa shape index (κ3) is 4.19. The van der Waals surface area contributed by atoms with Gasteiger partial charge in [-0.25, -0.2) is 4.79 Å². The molecular weight excluding hydrogens is 268 g/mol. The van der Waals surface area contributed by atoms with Crippen molar-refractivity contribution in [2.75, 3.05) is 11.9 Å². The Hall–Kier alpha value is -2.08. The van der Waals surface area contributed by atoms with Gasteiger partial charge in [-0.2, -0.15) is 0 Å². The van der Waals surface area contributed by atoms with E-state index < -0.39 is 5.91 Å². The summed E-state index contributed by atoms with van der Waals surface area (Å²) in [5.41, 5.74) is 12.5. The molecular formula is C15H22N4O2. The molecule has 0 aromatic heterocycles. The SMILES string of the molecule is NCc1ccc(NC(=O)N(CC(N)=O)C2CCCC2)cc1. The predicted molar refractivity (Wildman–Crippen MR) is 81.5 cm³/mol. The van der Waals surface area contributed by atoms with Crippen LogP contribution < -0.4 is 16.8 Å². The summed E-state index contributed by atoms with van der Waals surface area (Å²) in [6.45, 7) is 0.418. The zero-order valence-electron chi connectivity index (χ0n) is 12.0. The molecule has 0 saturated heterocycles. The van der Waals surface area contributed by atoms with Gasteiger partial charge in [-0.3, -0.25) is 4.79 Å². The number of benzene rings is 1. The molecule has 0 bridgehead atoms. The Labute approximate surface area is 124 Å². The largest absolute Gasteiger partial charge is 0.368 e. The lowest BCUT2D eigenvalue weighted by Gasteiger charge is -2.27. The van der Waals surface area contributed by atoms with Crippen molar-refractivity contribution in [3.63, 3.8) is 0 Å². The van der Waals surface area contributed by atoms with Crippen LogP contribution in [0.4, 0.5) is 10.5 Å². The van der Waals surface area contributed by atoms with Crippen LogP contribution in [0.25, 0.3) is 0 Å². The van der Waals surface area contributed by atoms with Crippen molar-refractivity contribution in [1.82, 2.24) is 4.90 Å². The fourth-order valence-corrected chi connectivity index (χ4v) is 2.67. The molecule has 0 aliphatic heterocycles. The van der Waals surface area contributed by atoms with Crippen molar-refractivity contribution >= 4 is 17.6 Å². The molecule has 114 valence electrons. The fourth-order valence-electron chi connectivity index (χ4n) is 2.67. The van der Waals surface area contributed by atoms with Crippen molar-refractivity contribution in [1.29, 1.82) is 0 Å². The van der Waals surface area contributed by atoms with Crippen LogP contribution in [0.1, 0.15) is 31.2 Å². The fraction of sp³-hybridized carbons (Fsp3) is 0.467. The number of carbonyl (C=O) groups excluding carboxylic acids is 2. The molecule has 0 spiro atoms. The molecule has 5 N–H and O–H groups in total. The van der Waals surface area contributed by atoms with E-state index in [4.69, 9.17) is 11.5 Å². The van der Waals surface area contributed by atoms with E-state index in [0.29, 0.717) is 12.2 Å². The minimum absolute atomic E-state index is 0.0443. The zero-order valence-corrected chi connectivity index (χ0v) is 12.0. The van der Waals surface area contributed by atoms with Gasteiger partial charge < -0.3 is 21.7 Å². The first-order chi connectivity index (χ1) is 10.1. The minimum Gasteiger partial charge on any atom is -0.368 e. The molecule has 3 amide bonds. The molecule has 6 nitrogen and oxygen atoms in total. The smallest absolute Gasteiger partial charge is 0.322 e. The lowest BCUT2D eigenvalue weighted by molar-refractivity contribution is -0.118. The molecule has 1 saturated carbocycles. The molecule has 1 aromatic rings. The van der Waals surface area contributed by atoms with E-state index in [0.717, 1.165) is 31.2 Å². The third-order valence-electron chi connectivity index (χ3n) is 3.79.